The van der Waals surface area contributed by atoms with Crippen LogP contribution in [-0.4, -0.2) is 9.55 Å². The molecule has 0 unspecified atom stereocenters. The first-order valence-corrected chi connectivity index (χ1v) is 7.41. The van der Waals surface area contributed by atoms with E-state index in [9.17, 15) is 0 Å². The summed E-state index contributed by atoms with van der Waals surface area (Å²) in [5.41, 5.74) is 4.26. The van der Waals surface area contributed by atoms with Gasteiger partial charge >= 0.3 is 0 Å². The van der Waals surface area contributed by atoms with Crippen LogP contribution in [0.1, 0.15) is 57.1 Å². The molecule has 0 saturated heterocycles. The van der Waals surface area contributed by atoms with Crippen LogP contribution in [0.2, 0.25) is 0 Å². The second-order valence-electron chi connectivity index (χ2n) is 5.09. The smallest absolute Gasteiger partial charge is 0.0991 e. The van der Waals surface area contributed by atoms with Crippen molar-refractivity contribution in [3.8, 4) is 5.69 Å². The maximum Gasteiger partial charge on any atom is 0.0991 e. The Balaban J connectivity index is 2.56. The summed E-state index contributed by atoms with van der Waals surface area (Å²) >= 11 is 0. The van der Waals surface area contributed by atoms with Gasteiger partial charge in [-0.2, -0.15) is 0 Å². The van der Waals surface area contributed by atoms with Crippen molar-refractivity contribution in [2.24, 2.45) is 0 Å². The zero-order valence-electron chi connectivity index (χ0n) is 12.3. The van der Waals surface area contributed by atoms with Gasteiger partial charge in [-0.1, -0.05) is 45.4 Å². The fourth-order valence-corrected chi connectivity index (χ4v) is 2.85. The highest BCUT2D eigenvalue weighted by molar-refractivity contribution is 5.50. The van der Waals surface area contributed by atoms with E-state index >= 15 is 0 Å². The molecule has 2 heteroatoms. The Morgan fingerprint density at radius 1 is 1.16 bits per heavy atom. The molecular weight excluding hydrogens is 232 g/mol. The average Bonchev–Trinajstić information content (AvgIpc) is 2.94. The fraction of sp³-hybridized carbons (Fsp3) is 0.471. The Bertz CT molecular complexity index is 496. The Morgan fingerprint density at radius 2 is 1.95 bits per heavy atom. The number of imidazole rings is 1. The van der Waals surface area contributed by atoms with Gasteiger partial charge in [-0.05, 0) is 36.3 Å². The molecule has 0 fully saturated rings. The first-order valence-electron chi connectivity index (χ1n) is 7.41. The predicted molar refractivity (Wildman–Crippen MR) is 80.9 cm³/mol. The van der Waals surface area contributed by atoms with E-state index in [2.05, 4.69) is 54.7 Å². The molecule has 2 rings (SSSR count). The second-order valence-corrected chi connectivity index (χ2v) is 5.09. The van der Waals surface area contributed by atoms with E-state index in [0.717, 1.165) is 6.42 Å². The van der Waals surface area contributed by atoms with E-state index in [1.54, 1.807) is 0 Å². The van der Waals surface area contributed by atoms with Crippen molar-refractivity contribution in [1.29, 1.82) is 0 Å². The van der Waals surface area contributed by atoms with Crippen LogP contribution in [0.5, 0.6) is 0 Å². The minimum Gasteiger partial charge on any atom is -0.306 e. The highest BCUT2D eigenvalue weighted by atomic mass is 15.0. The lowest BCUT2D eigenvalue weighted by molar-refractivity contribution is 0.636. The molecule has 0 amide bonds. The maximum absolute atomic E-state index is 4.21. The van der Waals surface area contributed by atoms with Crippen molar-refractivity contribution < 1.29 is 0 Å². The van der Waals surface area contributed by atoms with Crippen molar-refractivity contribution in [2.45, 2.75) is 52.4 Å². The molecule has 19 heavy (non-hydrogen) atoms. The summed E-state index contributed by atoms with van der Waals surface area (Å²) in [6.45, 7) is 6.79. The summed E-state index contributed by atoms with van der Waals surface area (Å²) < 4.78 is 2.18. The van der Waals surface area contributed by atoms with Gasteiger partial charge in [0, 0.05) is 12.4 Å². The van der Waals surface area contributed by atoms with Gasteiger partial charge in [0.2, 0.25) is 0 Å². The zero-order chi connectivity index (χ0) is 13.7. The van der Waals surface area contributed by atoms with Crippen LogP contribution < -0.4 is 0 Å². The lowest BCUT2D eigenvalue weighted by Crippen LogP contribution is -2.06. The topological polar surface area (TPSA) is 17.8 Å². The molecule has 1 heterocycles. The third-order valence-corrected chi connectivity index (χ3v) is 3.86. The number of aromatic nitrogens is 2. The molecule has 0 atom stereocenters. The monoisotopic (exact) mass is 256 g/mol. The summed E-state index contributed by atoms with van der Waals surface area (Å²) in [6, 6.07) is 6.75. The number of rotatable bonds is 6. The highest BCUT2D eigenvalue weighted by Gasteiger charge is 2.15. The molecule has 0 aliphatic rings. The Morgan fingerprint density at radius 3 is 2.53 bits per heavy atom. The van der Waals surface area contributed by atoms with Gasteiger partial charge < -0.3 is 4.57 Å². The van der Waals surface area contributed by atoms with Gasteiger partial charge in [0.1, 0.15) is 0 Å². The molecule has 2 aromatic rings. The maximum atomic E-state index is 4.21. The zero-order valence-corrected chi connectivity index (χ0v) is 12.3. The van der Waals surface area contributed by atoms with E-state index in [0.29, 0.717) is 5.92 Å². The van der Waals surface area contributed by atoms with E-state index in [-0.39, 0.29) is 0 Å². The van der Waals surface area contributed by atoms with Crippen LogP contribution in [0.15, 0.2) is 36.9 Å². The second kappa shape index (κ2) is 6.55. The minimum absolute atomic E-state index is 0.634. The van der Waals surface area contributed by atoms with Crippen LogP contribution in [0.25, 0.3) is 5.69 Å². The molecule has 0 spiro atoms. The first kappa shape index (κ1) is 13.9. The Labute approximate surface area is 116 Å². The van der Waals surface area contributed by atoms with Crippen molar-refractivity contribution in [3.63, 3.8) is 0 Å². The average molecular weight is 256 g/mol. The number of hydrogen-bond donors (Lipinski definition) is 0. The van der Waals surface area contributed by atoms with Crippen molar-refractivity contribution in [2.75, 3.05) is 0 Å². The Kier molecular flexibility index (Phi) is 4.78. The molecule has 1 aromatic carbocycles. The Hall–Kier alpha value is -1.57. The van der Waals surface area contributed by atoms with Crippen molar-refractivity contribution in [1.82, 2.24) is 9.55 Å². The molecule has 102 valence electrons. The molecule has 1 aromatic heterocycles. The lowest BCUT2D eigenvalue weighted by atomic mass is 9.89. The fourth-order valence-electron chi connectivity index (χ4n) is 2.85. The number of para-hydroxylation sites is 1. The molecule has 0 aliphatic carbocycles. The molecule has 0 radical (unpaired) electrons. The molecule has 0 bridgehead atoms. The molecule has 0 N–H and O–H groups in total. The molecule has 0 saturated carbocycles. The standard InChI is InChI=1S/C17H24N2/c1-4-8-15-9-7-10-16(14(5-2)6-3)17(15)19-12-11-18-13-19/h7,9-14H,4-6,8H2,1-3H3. The van der Waals surface area contributed by atoms with Gasteiger partial charge in [-0.15, -0.1) is 0 Å². The summed E-state index contributed by atoms with van der Waals surface area (Å²) in [6.07, 6.45) is 10.5. The van der Waals surface area contributed by atoms with Gasteiger partial charge in [0.15, 0.2) is 0 Å². The van der Waals surface area contributed by atoms with E-state index in [1.165, 1.54) is 36.1 Å². The van der Waals surface area contributed by atoms with Crippen LogP contribution in [-0.2, 0) is 6.42 Å². The lowest BCUT2D eigenvalue weighted by Gasteiger charge is -2.21. The van der Waals surface area contributed by atoms with Crippen LogP contribution in [0, 0.1) is 0 Å². The van der Waals surface area contributed by atoms with Gasteiger partial charge in [-0.3, -0.25) is 0 Å². The van der Waals surface area contributed by atoms with E-state index < -0.39 is 0 Å². The van der Waals surface area contributed by atoms with E-state index in [1.807, 2.05) is 12.5 Å². The van der Waals surface area contributed by atoms with Crippen LogP contribution in [0.3, 0.4) is 0 Å². The molecule has 0 aliphatic heterocycles. The number of benzene rings is 1. The minimum atomic E-state index is 0.634. The third kappa shape index (κ3) is 2.89. The van der Waals surface area contributed by atoms with Gasteiger partial charge in [0.05, 0.1) is 12.0 Å². The SMILES string of the molecule is CCCc1cccc(C(CC)CC)c1-n1ccnc1. The largest absolute Gasteiger partial charge is 0.306 e. The van der Waals surface area contributed by atoms with E-state index in [4.69, 9.17) is 0 Å². The number of aryl methyl sites for hydroxylation is 1. The summed E-state index contributed by atoms with van der Waals surface area (Å²) in [4.78, 5) is 4.21. The third-order valence-electron chi connectivity index (χ3n) is 3.86. The summed E-state index contributed by atoms with van der Waals surface area (Å²) in [5.74, 6) is 0.634. The molecular formula is C17H24N2. The van der Waals surface area contributed by atoms with Crippen LogP contribution >= 0.6 is 0 Å². The summed E-state index contributed by atoms with van der Waals surface area (Å²) in [7, 11) is 0. The van der Waals surface area contributed by atoms with Crippen LogP contribution in [0.4, 0.5) is 0 Å². The predicted octanol–water partition coefficient (Wildman–Crippen LogP) is 4.73. The molecule has 2 nitrogen and oxygen atoms in total. The number of hydrogen-bond acceptors (Lipinski definition) is 1. The van der Waals surface area contributed by atoms with Gasteiger partial charge in [-0.25, -0.2) is 4.98 Å². The normalized spacial score (nSPS) is 11.2. The summed E-state index contributed by atoms with van der Waals surface area (Å²) in [5, 5.41) is 0. The number of nitrogens with zero attached hydrogens (tertiary/aromatic N) is 2. The van der Waals surface area contributed by atoms with Crippen molar-refractivity contribution in [3.05, 3.63) is 48.0 Å². The quantitative estimate of drug-likeness (QED) is 0.730. The highest BCUT2D eigenvalue weighted by Crippen LogP contribution is 2.31. The first-order chi connectivity index (χ1) is 9.31. The van der Waals surface area contributed by atoms with Crippen molar-refractivity contribution >= 4 is 0 Å². The van der Waals surface area contributed by atoms with Gasteiger partial charge in [0.25, 0.3) is 0 Å².